The number of rotatable bonds is 12. The molecule has 3 heterocycles. The van der Waals surface area contributed by atoms with Gasteiger partial charge >= 0.3 is 11.7 Å². The van der Waals surface area contributed by atoms with Gasteiger partial charge in [-0.3, -0.25) is 29.4 Å². The van der Waals surface area contributed by atoms with Crippen molar-refractivity contribution in [2.75, 3.05) is 18.1 Å². The fourth-order valence-corrected chi connectivity index (χ4v) is 7.84. The van der Waals surface area contributed by atoms with Crippen molar-refractivity contribution in [3.63, 3.8) is 0 Å². The van der Waals surface area contributed by atoms with E-state index in [2.05, 4.69) is 20.8 Å². The van der Waals surface area contributed by atoms with Crippen LogP contribution in [0.5, 0.6) is 5.75 Å². The highest BCUT2D eigenvalue weighted by molar-refractivity contribution is 8.01. The lowest BCUT2D eigenvalue weighted by atomic mass is 10.0. The molecule has 0 aliphatic carbocycles. The molecule has 1 aromatic heterocycles. The van der Waals surface area contributed by atoms with Gasteiger partial charge < -0.3 is 20.5 Å². The van der Waals surface area contributed by atoms with Gasteiger partial charge in [0.05, 0.1) is 4.92 Å². The average Bonchev–Trinajstić information content (AvgIpc) is 3.44. The third kappa shape index (κ3) is 6.68. The first-order valence-electron chi connectivity index (χ1n) is 13.0. The zero-order chi connectivity index (χ0) is 31.4. The zero-order valence-corrected chi connectivity index (χ0v) is 25.3. The standard InChI is InChI=1S/C27H24N6O8S3/c1-14-30-31-27(44-14)43-13-16-12-42-25-21(24(36)32(25)22(16)26(37)38)29-23(35)20(15-7-3-2-4-8-15)28-19(34)11-41-18-10-6-5-9-17(18)33(39)40/h2-10,20-21,25H,11-13H2,1H3,(H,28,34)(H,29,35)(H,37,38)/t20-,21?,25-/m0/s1. The summed E-state index contributed by atoms with van der Waals surface area (Å²) in [6.45, 7) is 1.21. The van der Waals surface area contributed by atoms with Crippen molar-refractivity contribution < 1.29 is 33.9 Å². The van der Waals surface area contributed by atoms with E-state index in [1.54, 1.807) is 30.3 Å². The van der Waals surface area contributed by atoms with Gasteiger partial charge in [0.2, 0.25) is 5.91 Å². The number of aryl methyl sites for hydroxylation is 1. The predicted molar refractivity (Wildman–Crippen MR) is 161 cm³/mol. The molecule has 3 N–H and O–H groups in total. The number of aromatic nitrogens is 2. The largest absolute Gasteiger partial charge is 0.477 e. The van der Waals surface area contributed by atoms with Gasteiger partial charge in [-0.2, -0.15) is 0 Å². The number of nitrogens with one attached hydrogen (secondary N) is 2. The highest BCUT2D eigenvalue weighted by atomic mass is 32.2. The Kier molecular flexibility index (Phi) is 9.46. The Morgan fingerprint density at radius 1 is 1.18 bits per heavy atom. The fraction of sp³-hybridized carbons (Fsp3) is 0.259. The molecule has 17 heteroatoms. The van der Waals surface area contributed by atoms with Crippen molar-refractivity contribution >= 4 is 64.2 Å². The molecule has 14 nitrogen and oxygen atoms in total. The monoisotopic (exact) mass is 656 g/mol. The number of fused-ring (bicyclic) bond motifs is 1. The highest BCUT2D eigenvalue weighted by Crippen LogP contribution is 2.42. The maximum atomic E-state index is 13.5. The second-order valence-electron chi connectivity index (χ2n) is 9.45. The van der Waals surface area contributed by atoms with Crippen LogP contribution in [0, 0.1) is 17.0 Å². The molecule has 2 aromatic carbocycles. The van der Waals surface area contributed by atoms with Crippen molar-refractivity contribution in [3.8, 4) is 5.75 Å². The summed E-state index contributed by atoms with van der Waals surface area (Å²) in [6.07, 6.45) is 0. The lowest BCUT2D eigenvalue weighted by molar-refractivity contribution is -0.385. The van der Waals surface area contributed by atoms with E-state index in [4.69, 9.17) is 4.74 Å². The van der Waals surface area contributed by atoms with Crippen molar-refractivity contribution in [3.05, 3.63) is 86.6 Å². The number of nitro benzene ring substituents is 1. The number of carbonyl (C=O) groups excluding carboxylic acids is 3. The summed E-state index contributed by atoms with van der Waals surface area (Å²) in [7, 11) is 0. The van der Waals surface area contributed by atoms with Crippen molar-refractivity contribution in [1.82, 2.24) is 25.7 Å². The van der Waals surface area contributed by atoms with Gasteiger partial charge in [-0.25, -0.2) is 4.79 Å². The van der Waals surface area contributed by atoms with Crippen molar-refractivity contribution in [1.29, 1.82) is 0 Å². The molecular weight excluding hydrogens is 633 g/mol. The minimum absolute atomic E-state index is 0.110. The third-order valence-corrected chi connectivity index (χ3v) is 9.94. The van der Waals surface area contributed by atoms with Crippen molar-refractivity contribution in [2.45, 2.75) is 28.7 Å². The number of thioether (sulfide) groups is 2. The molecule has 1 fully saturated rings. The molecule has 2 aliphatic rings. The van der Waals surface area contributed by atoms with Gasteiger partial charge in [-0.1, -0.05) is 65.6 Å². The number of carboxylic acids is 1. The van der Waals surface area contributed by atoms with Crippen LogP contribution in [0.2, 0.25) is 0 Å². The molecule has 2 aliphatic heterocycles. The number of carboxylic acid groups (broad SMARTS) is 1. The molecule has 0 saturated carbocycles. The molecule has 0 spiro atoms. The minimum Gasteiger partial charge on any atom is -0.477 e. The predicted octanol–water partition coefficient (Wildman–Crippen LogP) is 2.52. The number of carbonyl (C=O) groups is 4. The van der Waals surface area contributed by atoms with Gasteiger partial charge in [0.25, 0.3) is 11.8 Å². The number of para-hydroxylation sites is 2. The SMILES string of the molecule is Cc1nnc(SCC2=C(C(=O)O)N3C(=O)C(NC(=O)[C@@H](NC(=O)COc4ccccc4[N+](=O)[O-])c4ccccc4)[C@@H]3SC2)s1. The van der Waals surface area contributed by atoms with E-state index in [9.17, 15) is 34.4 Å². The molecular formula is C27H24N6O8S3. The van der Waals surface area contributed by atoms with Crippen LogP contribution in [0.3, 0.4) is 0 Å². The average molecular weight is 657 g/mol. The van der Waals surface area contributed by atoms with Crippen LogP contribution in [0.1, 0.15) is 16.6 Å². The Hall–Kier alpha value is -4.48. The Labute approximate surface area is 262 Å². The van der Waals surface area contributed by atoms with Gasteiger partial charge in [0.1, 0.15) is 28.2 Å². The van der Waals surface area contributed by atoms with Gasteiger partial charge in [-0.15, -0.1) is 22.0 Å². The number of amides is 3. The normalized spacial score (nSPS) is 18.1. The van der Waals surface area contributed by atoms with Crippen LogP contribution in [-0.4, -0.2) is 78.3 Å². The molecule has 1 saturated heterocycles. The summed E-state index contributed by atoms with van der Waals surface area (Å²) < 4.78 is 6.04. The van der Waals surface area contributed by atoms with Gasteiger partial charge in [0, 0.05) is 17.6 Å². The summed E-state index contributed by atoms with van der Waals surface area (Å²) in [6, 6.07) is 11.6. The fourth-order valence-electron chi connectivity index (χ4n) is 4.54. The molecule has 0 radical (unpaired) electrons. The Balaban J connectivity index is 1.27. The maximum Gasteiger partial charge on any atom is 0.352 e. The Morgan fingerprint density at radius 2 is 1.91 bits per heavy atom. The maximum absolute atomic E-state index is 13.5. The molecule has 1 unspecified atom stereocenters. The topological polar surface area (TPSA) is 194 Å². The van der Waals surface area contributed by atoms with Crippen LogP contribution >= 0.6 is 34.9 Å². The number of hydrogen-bond acceptors (Lipinski definition) is 12. The first kappa shape index (κ1) is 31.0. The van der Waals surface area contributed by atoms with E-state index in [1.807, 2.05) is 6.92 Å². The quantitative estimate of drug-likeness (QED) is 0.112. The minimum atomic E-state index is -1.24. The lowest BCUT2D eigenvalue weighted by Gasteiger charge is -2.49. The van der Waals surface area contributed by atoms with Gasteiger partial charge in [-0.05, 0) is 24.1 Å². The number of β-lactam (4-membered cyclic amide) rings is 1. The summed E-state index contributed by atoms with van der Waals surface area (Å²) in [5.41, 5.74) is 0.546. The van der Waals surface area contributed by atoms with E-state index in [0.29, 0.717) is 27.0 Å². The van der Waals surface area contributed by atoms with E-state index in [1.165, 1.54) is 64.0 Å². The molecule has 3 aromatic rings. The van der Waals surface area contributed by atoms with Crippen LogP contribution in [0.15, 0.2) is 70.2 Å². The van der Waals surface area contributed by atoms with Crippen LogP contribution in [-0.2, 0) is 19.2 Å². The second-order valence-corrected chi connectivity index (χ2v) is 13.0. The molecule has 3 amide bonds. The number of aliphatic carboxylic acids is 1. The summed E-state index contributed by atoms with van der Waals surface area (Å²) in [5.74, 6) is -2.72. The number of nitrogens with zero attached hydrogens (tertiary/aromatic N) is 4. The third-order valence-electron chi connectivity index (χ3n) is 6.55. The molecule has 228 valence electrons. The highest BCUT2D eigenvalue weighted by Gasteiger charge is 2.54. The first-order chi connectivity index (χ1) is 21.1. The number of ether oxygens (including phenoxy) is 1. The number of nitro groups is 1. The summed E-state index contributed by atoms with van der Waals surface area (Å²) >= 11 is 4.06. The Bertz CT molecular complexity index is 1650. The van der Waals surface area contributed by atoms with Gasteiger partial charge in [0.15, 0.2) is 16.7 Å². The van der Waals surface area contributed by atoms with Crippen LogP contribution in [0.4, 0.5) is 5.69 Å². The molecule has 0 bridgehead atoms. The summed E-state index contributed by atoms with van der Waals surface area (Å²) in [4.78, 5) is 63.5. The van der Waals surface area contributed by atoms with E-state index < -0.39 is 52.7 Å². The van der Waals surface area contributed by atoms with E-state index >= 15 is 0 Å². The smallest absolute Gasteiger partial charge is 0.352 e. The molecule has 3 atom stereocenters. The second kappa shape index (κ2) is 13.4. The van der Waals surface area contributed by atoms with Crippen LogP contribution < -0.4 is 15.4 Å². The van der Waals surface area contributed by atoms with E-state index in [0.717, 1.165) is 5.01 Å². The Morgan fingerprint density at radius 3 is 2.59 bits per heavy atom. The number of hydrogen-bond donors (Lipinski definition) is 3. The zero-order valence-electron chi connectivity index (χ0n) is 22.9. The van der Waals surface area contributed by atoms with E-state index in [-0.39, 0.29) is 17.1 Å². The van der Waals surface area contributed by atoms with Crippen molar-refractivity contribution in [2.24, 2.45) is 0 Å². The molecule has 5 rings (SSSR count). The molecule has 44 heavy (non-hydrogen) atoms. The summed E-state index contributed by atoms with van der Waals surface area (Å²) in [5, 5.41) is 34.6. The lowest BCUT2D eigenvalue weighted by Crippen LogP contribution is -2.71. The first-order valence-corrected chi connectivity index (χ1v) is 15.8. The van der Waals surface area contributed by atoms with Crippen LogP contribution in [0.25, 0.3) is 0 Å². The number of benzene rings is 2.